The summed E-state index contributed by atoms with van der Waals surface area (Å²) >= 11 is 1.20. The van der Waals surface area contributed by atoms with E-state index >= 15 is 0 Å². The Balaban J connectivity index is 2.65. The lowest BCUT2D eigenvalue weighted by Crippen LogP contribution is -2.50. The summed E-state index contributed by atoms with van der Waals surface area (Å²) in [6, 6.07) is 7.80. The molecule has 2 amide bonds. The summed E-state index contributed by atoms with van der Waals surface area (Å²) in [7, 11) is 1.20. The van der Waals surface area contributed by atoms with E-state index in [1.807, 2.05) is 6.07 Å². The highest BCUT2D eigenvalue weighted by molar-refractivity contribution is 8.00. The van der Waals surface area contributed by atoms with E-state index in [1.165, 1.54) is 18.9 Å². The Labute approximate surface area is 168 Å². The Morgan fingerprint density at radius 1 is 1.11 bits per heavy atom. The number of benzene rings is 1. The first-order chi connectivity index (χ1) is 13.1. The van der Waals surface area contributed by atoms with E-state index in [4.69, 9.17) is 4.74 Å². The molecule has 28 heavy (non-hydrogen) atoms. The van der Waals surface area contributed by atoms with Gasteiger partial charge in [0.25, 0.3) is 0 Å². The quantitative estimate of drug-likeness (QED) is 0.472. The van der Waals surface area contributed by atoms with E-state index in [1.54, 1.807) is 45.0 Å². The molecule has 9 heteroatoms. The highest BCUT2D eigenvalue weighted by atomic mass is 32.2. The minimum atomic E-state index is -0.979. The van der Waals surface area contributed by atoms with Crippen molar-refractivity contribution in [3.8, 4) is 0 Å². The average Bonchev–Trinajstić information content (AvgIpc) is 2.64. The summed E-state index contributed by atoms with van der Waals surface area (Å²) in [6.45, 7) is 4.78. The van der Waals surface area contributed by atoms with Crippen molar-refractivity contribution in [3.63, 3.8) is 0 Å². The van der Waals surface area contributed by atoms with Gasteiger partial charge in [0.2, 0.25) is 5.91 Å². The zero-order valence-corrected chi connectivity index (χ0v) is 17.3. The van der Waals surface area contributed by atoms with Crippen molar-refractivity contribution < 1.29 is 28.7 Å². The maximum atomic E-state index is 12.3. The molecule has 0 unspecified atom stereocenters. The molecule has 0 saturated heterocycles. The number of amides is 2. The van der Waals surface area contributed by atoms with Crippen LogP contribution in [0, 0.1) is 0 Å². The first-order valence-electron chi connectivity index (χ1n) is 8.62. The van der Waals surface area contributed by atoms with Crippen molar-refractivity contribution in [1.29, 1.82) is 0 Å². The smallest absolute Gasteiger partial charge is 0.408 e. The van der Waals surface area contributed by atoms with Gasteiger partial charge in [0.05, 0.1) is 12.9 Å². The van der Waals surface area contributed by atoms with Crippen LogP contribution < -0.4 is 10.6 Å². The third-order valence-electron chi connectivity index (χ3n) is 3.26. The molecule has 0 radical (unpaired) electrons. The van der Waals surface area contributed by atoms with Crippen LogP contribution in [0.1, 0.15) is 31.1 Å². The van der Waals surface area contributed by atoms with Crippen molar-refractivity contribution in [2.24, 2.45) is 0 Å². The second kappa shape index (κ2) is 11.3. The number of carbonyl (C=O) groups excluding carboxylic acids is 4. The number of methoxy groups -OCH3 is 1. The molecule has 0 fully saturated rings. The van der Waals surface area contributed by atoms with Gasteiger partial charge in [-0.15, -0.1) is 0 Å². The zero-order chi connectivity index (χ0) is 21.2. The third kappa shape index (κ3) is 9.40. The van der Waals surface area contributed by atoms with E-state index < -0.39 is 29.6 Å². The number of hydrogen-bond donors (Lipinski definition) is 2. The molecule has 1 aromatic carbocycles. The summed E-state index contributed by atoms with van der Waals surface area (Å²) in [5.41, 5.74) is -0.158. The number of ether oxygens (including phenoxy) is 2. The number of thioether (sulfide) groups is 1. The fourth-order valence-electron chi connectivity index (χ4n) is 1.96. The number of esters is 1. The first-order valence-corrected chi connectivity index (χ1v) is 9.78. The molecule has 1 rings (SSSR count). The van der Waals surface area contributed by atoms with Crippen molar-refractivity contribution in [3.05, 3.63) is 35.9 Å². The van der Waals surface area contributed by atoms with Gasteiger partial charge in [-0.05, 0) is 20.8 Å². The molecule has 0 heterocycles. The number of alkyl carbamates (subject to hydrolysis) is 1. The minimum Gasteiger partial charge on any atom is -0.468 e. The molecule has 0 spiro atoms. The maximum Gasteiger partial charge on any atom is 0.408 e. The van der Waals surface area contributed by atoms with Gasteiger partial charge < -0.3 is 20.1 Å². The van der Waals surface area contributed by atoms with Crippen LogP contribution in [-0.4, -0.2) is 60.6 Å². The van der Waals surface area contributed by atoms with Gasteiger partial charge in [-0.25, -0.2) is 4.79 Å². The first kappa shape index (κ1) is 23.5. The van der Waals surface area contributed by atoms with Crippen LogP contribution in [0.4, 0.5) is 4.79 Å². The Morgan fingerprint density at radius 2 is 1.75 bits per heavy atom. The Hall–Kier alpha value is -2.55. The molecule has 154 valence electrons. The van der Waals surface area contributed by atoms with Crippen LogP contribution >= 0.6 is 11.8 Å². The molecule has 2 N–H and O–H groups in total. The Morgan fingerprint density at radius 3 is 2.32 bits per heavy atom. The predicted molar refractivity (Wildman–Crippen MR) is 106 cm³/mol. The number of nitrogens with one attached hydrogen (secondary N) is 2. The molecule has 0 aliphatic rings. The third-order valence-corrected chi connectivity index (χ3v) is 4.29. The monoisotopic (exact) mass is 410 g/mol. The second-order valence-corrected chi connectivity index (χ2v) is 7.83. The number of ketones is 1. The van der Waals surface area contributed by atoms with Gasteiger partial charge in [0.15, 0.2) is 5.78 Å². The van der Waals surface area contributed by atoms with Gasteiger partial charge in [0, 0.05) is 11.3 Å². The van der Waals surface area contributed by atoms with Gasteiger partial charge in [0.1, 0.15) is 18.2 Å². The highest BCUT2D eigenvalue weighted by Crippen LogP contribution is 2.11. The molecule has 0 bridgehead atoms. The van der Waals surface area contributed by atoms with Crippen molar-refractivity contribution >= 4 is 35.5 Å². The topological polar surface area (TPSA) is 111 Å². The molecule has 8 nitrogen and oxygen atoms in total. The van der Waals surface area contributed by atoms with Crippen LogP contribution in [0.3, 0.4) is 0 Å². The number of rotatable bonds is 9. The fourth-order valence-corrected chi connectivity index (χ4v) is 2.90. The lowest BCUT2D eigenvalue weighted by atomic mass is 10.2. The molecule has 1 atom stereocenters. The summed E-state index contributed by atoms with van der Waals surface area (Å²) < 4.78 is 9.64. The van der Waals surface area contributed by atoms with E-state index in [0.29, 0.717) is 5.56 Å². The SMILES string of the molecule is COC(=O)CNC(=O)[C@H](CSCC(=O)c1ccccc1)NC(=O)OC(C)(C)C. The molecular formula is C19H26N2O6S. The van der Waals surface area contributed by atoms with Crippen LogP contribution in [0.25, 0.3) is 0 Å². The highest BCUT2D eigenvalue weighted by Gasteiger charge is 2.25. The predicted octanol–water partition coefficient (Wildman–Crippen LogP) is 1.78. The lowest BCUT2D eigenvalue weighted by Gasteiger charge is -2.23. The second-order valence-electron chi connectivity index (χ2n) is 6.80. The summed E-state index contributed by atoms with van der Waals surface area (Å²) in [6.07, 6.45) is -0.763. The average molecular weight is 410 g/mol. The van der Waals surface area contributed by atoms with Crippen LogP contribution in [0.15, 0.2) is 30.3 Å². The fraction of sp³-hybridized carbons (Fsp3) is 0.474. The Bertz CT molecular complexity index is 687. The van der Waals surface area contributed by atoms with Crippen LogP contribution in [0.5, 0.6) is 0 Å². The van der Waals surface area contributed by atoms with Crippen molar-refractivity contribution in [2.45, 2.75) is 32.4 Å². The maximum absolute atomic E-state index is 12.3. The summed E-state index contributed by atoms with van der Waals surface area (Å²) in [5, 5.41) is 4.86. The largest absolute Gasteiger partial charge is 0.468 e. The molecule has 0 saturated carbocycles. The van der Waals surface area contributed by atoms with Crippen molar-refractivity contribution in [1.82, 2.24) is 10.6 Å². The van der Waals surface area contributed by atoms with Crippen LogP contribution in [0.2, 0.25) is 0 Å². The van der Waals surface area contributed by atoms with E-state index in [-0.39, 0.29) is 23.8 Å². The van der Waals surface area contributed by atoms with Gasteiger partial charge in [-0.3, -0.25) is 14.4 Å². The minimum absolute atomic E-state index is 0.0865. The van der Waals surface area contributed by atoms with Gasteiger partial charge in [-0.1, -0.05) is 30.3 Å². The standard InChI is InChI=1S/C19H26N2O6S/c1-19(2,3)27-18(25)21-14(17(24)20-10-16(23)26-4)11-28-12-15(22)13-8-6-5-7-9-13/h5-9,14H,10-12H2,1-4H3,(H,20,24)(H,21,25)/t14-/m0/s1. The number of hydrogen-bond acceptors (Lipinski definition) is 7. The van der Waals surface area contributed by atoms with Crippen LogP contribution in [-0.2, 0) is 19.1 Å². The normalized spacial score (nSPS) is 11.9. The van der Waals surface area contributed by atoms with Gasteiger partial charge >= 0.3 is 12.1 Å². The summed E-state index contributed by atoms with van der Waals surface area (Å²) in [5.74, 6) is -1.00. The molecule has 0 aliphatic heterocycles. The van der Waals surface area contributed by atoms with E-state index in [2.05, 4.69) is 15.4 Å². The number of Topliss-reactive ketones (excluding diaryl/α,β-unsaturated/α-hetero) is 1. The molecule has 0 aromatic heterocycles. The molecule has 0 aliphatic carbocycles. The zero-order valence-electron chi connectivity index (χ0n) is 16.4. The number of carbonyl (C=O) groups is 4. The van der Waals surface area contributed by atoms with Crippen molar-refractivity contribution in [2.75, 3.05) is 25.2 Å². The summed E-state index contributed by atoms with van der Waals surface area (Å²) in [4.78, 5) is 47.7. The molecular weight excluding hydrogens is 384 g/mol. The van der Waals surface area contributed by atoms with E-state index in [9.17, 15) is 19.2 Å². The Kier molecular flexibility index (Phi) is 9.50. The lowest BCUT2D eigenvalue weighted by molar-refractivity contribution is -0.141. The van der Waals surface area contributed by atoms with Gasteiger partial charge in [-0.2, -0.15) is 11.8 Å². The molecule has 1 aromatic rings. The van der Waals surface area contributed by atoms with E-state index in [0.717, 1.165) is 0 Å².